The summed E-state index contributed by atoms with van der Waals surface area (Å²) in [6.07, 6.45) is 2.99. The fraction of sp³-hybridized carbons (Fsp3) is 0.105. The van der Waals surface area contributed by atoms with Crippen LogP contribution >= 0.6 is 11.3 Å². The summed E-state index contributed by atoms with van der Waals surface area (Å²) in [7, 11) is 0. The van der Waals surface area contributed by atoms with Crippen LogP contribution in [0.4, 0.5) is 16.6 Å². The topological polar surface area (TPSA) is 66.9 Å². The number of hydrogen-bond acceptors (Lipinski definition) is 5. The van der Waals surface area contributed by atoms with Crippen LogP contribution in [0.5, 0.6) is 0 Å². The van der Waals surface area contributed by atoms with Crippen molar-refractivity contribution in [2.45, 2.75) is 13.8 Å². The Balaban J connectivity index is 1.86. The molecule has 1 aromatic carbocycles. The Bertz CT molecular complexity index is 933. The van der Waals surface area contributed by atoms with Gasteiger partial charge in [-0.1, -0.05) is 30.0 Å². The lowest BCUT2D eigenvalue weighted by atomic mass is 10.2. The van der Waals surface area contributed by atoms with Crippen molar-refractivity contribution in [2.24, 2.45) is 0 Å². The first-order chi connectivity index (χ1) is 12.0. The predicted molar refractivity (Wildman–Crippen MR) is 103 cm³/mol. The highest BCUT2D eigenvalue weighted by Gasteiger charge is 2.12. The molecule has 3 rings (SSSR count). The van der Waals surface area contributed by atoms with Gasteiger partial charge in [-0.25, -0.2) is 9.97 Å². The molecule has 0 aliphatic rings. The van der Waals surface area contributed by atoms with Gasteiger partial charge in [-0.15, -0.1) is 0 Å². The van der Waals surface area contributed by atoms with Crippen LogP contribution in [-0.2, 0) is 4.79 Å². The highest BCUT2D eigenvalue weighted by Crippen LogP contribution is 2.33. The Hall–Kier alpha value is -2.99. The van der Waals surface area contributed by atoms with Gasteiger partial charge in [0.2, 0.25) is 5.91 Å². The summed E-state index contributed by atoms with van der Waals surface area (Å²) >= 11 is 1.43. The lowest BCUT2D eigenvalue weighted by Crippen LogP contribution is -2.06. The molecule has 2 heterocycles. The van der Waals surface area contributed by atoms with E-state index < -0.39 is 0 Å². The maximum atomic E-state index is 11.4. The van der Waals surface area contributed by atoms with Gasteiger partial charge in [0.05, 0.1) is 10.6 Å². The molecule has 126 valence electrons. The number of amides is 1. The number of benzene rings is 1. The number of pyridine rings is 1. The molecule has 25 heavy (non-hydrogen) atoms. The van der Waals surface area contributed by atoms with Gasteiger partial charge in [-0.05, 0) is 55.3 Å². The zero-order chi connectivity index (χ0) is 17.8. The van der Waals surface area contributed by atoms with Crippen molar-refractivity contribution in [3.8, 4) is 10.4 Å². The minimum Gasteiger partial charge on any atom is -0.340 e. The van der Waals surface area contributed by atoms with Crippen LogP contribution in [0.1, 0.15) is 11.3 Å². The second kappa shape index (κ2) is 7.27. The molecule has 5 nitrogen and oxygen atoms in total. The van der Waals surface area contributed by atoms with Crippen LogP contribution in [0.15, 0.2) is 55.3 Å². The average Bonchev–Trinajstić information content (AvgIpc) is 2.95. The third-order valence-corrected chi connectivity index (χ3v) is 4.65. The van der Waals surface area contributed by atoms with Gasteiger partial charge in [0.1, 0.15) is 5.82 Å². The van der Waals surface area contributed by atoms with Crippen LogP contribution in [0, 0.1) is 13.8 Å². The largest absolute Gasteiger partial charge is 0.340 e. The molecule has 0 fully saturated rings. The molecule has 0 saturated carbocycles. The lowest BCUT2D eigenvalue weighted by molar-refractivity contribution is -0.111. The third kappa shape index (κ3) is 4.10. The highest BCUT2D eigenvalue weighted by atomic mass is 32.1. The van der Waals surface area contributed by atoms with Crippen molar-refractivity contribution in [3.05, 3.63) is 66.5 Å². The summed E-state index contributed by atoms with van der Waals surface area (Å²) in [6.45, 7) is 7.42. The molecule has 0 unspecified atom stereocenters. The molecular weight excluding hydrogens is 332 g/mol. The van der Waals surface area contributed by atoms with Gasteiger partial charge in [0.15, 0.2) is 5.13 Å². The predicted octanol–water partition coefficient (Wildman–Crippen LogP) is 4.69. The van der Waals surface area contributed by atoms with E-state index in [-0.39, 0.29) is 5.91 Å². The molecule has 0 spiro atoms. The summed E-state index contributed by atoms with van der Waals surface area (Å²) in [6, 6.07) is 12.0. The lowest BCUT2D eigenvalue weighted by Gasteiger charge is -2.07. The summed E-state index contributed by atoms with van der Waals surface area (Å²) in [5.41, 5.74) is 4.03. The molecule has 0 aliphatic heterocycles. The van der Waals surface area contributed by atoms with Crippen molar-refractivity contribution in [1.82, 2.24) is 9.97 Å². The Morgan fingerprint density at radius 1 is 1.24 bits per heavy atom. The quantitative estimate of drug-likeness (QED) is 0.655. The molecule has 0 radical (unpaired) electrons. The second-order valence-electron chi connectivity index (χ2n) is 5.55. The van der Waals surface area contributed by atoms with Crippen molar-refractivity contribution < 1.29 is 4.79 Å². The third-order valence-electron chi connectivity index (χ3n) is 3.52. The Labute approximate surface area is 150 Å². The van der Waals surface area contributed by atoms with Crippen molar-refractivity contribution in [1.29, 1.82) is 0 Å². The summed E-state index contributed by atoms with van der Waals surface area (Å²) in [5.74, 6) is 0.490. The number of carbonyl (C=O) groups excluding carboxylic acids is 1. The Kier molecular flexibility index (Phi) is 4.90. The number of aromatic nitrogens is 2. The maximum Gasteiger partial charge on any atom is 0.249 e. The molecule has 1 amide bonds. The van der Waals surface area contributed by atoms with Gasteiger partial charge in [-0.2, -0.15) is 0 Å². The number of nitrogens with zero attached hydrogens (tertiary/aromatic N) is 2. The number of rotatable bonds is 5. The van der Waals surface area contributed by atoms with Crippen LogP contribution in [0.2, 0.25) is 0 Å². The number of aryl methyl sites for hydroxylation is 2. The Morgan fingerprint density at radius 2 is 2.08 bits per heavy atom. The average molecular weight is 350 g/mol. The van der Waals surface area contributed by atoms with Crippen LogP contribution < -0.4 is 10.6 Å². The van der Waals surface area contributed by atoms with Crippen molar-refractivity contribution in [2.75, 3.05) is 10.6 Å². The van der Waals surface area contributed by atoms with E-state index in [0.717, 1.165) is 27.6 Å². The number of anilines is 3. The first-order valence-corrected chi connectivity index (χ1v) is 8.58. The molecule has 0 aliphatic carbocycles. The molecule has 0 bridgehead atoms. The molecule has 3 aromatic rings. The molecule has 6 heteroatoms. The van der Waals surface area contributed by atoms with Gasteiger partial charge >= 0.3 is 0 Å². The molecule has 2 aromatic heterocycles. The van der Waals surface area contributed by atoms with Crippen molar-refractivity contribution in [3.63, 3.8) is 0 Å². The standard InChI is InChI=1S/C19H18N4OS/c1-4-17(24)23-19-21-13(3)18(25-19)14-8-9-20-16(11-14)22-15-7-5-6-12(2)10-15/h4-11H,1H2,2-3H3,(H,20,22)(H,21,23,24). The first-order valence-electron chi connectivity index (χ1n) is 7.76. The summed E-state index contributed by atoms with van der Waals surface area (Å²) in [5, 5.41) is 6.57. The van der Waals surface area contributed by atoms with Gasteiger partial charge in [0.25, 0.3) is 0 Å². The molecule has 0 atom stereocenters. The monoisotopic (exact) mass is 350 g/mol. The minimum atomic E-state index is -0.267. The van der Waals surface area contributed by atoms with E-state index >= 15 is 0 Å². The second-order valence-corrected chi connectivity index (χ2v) is 6.55. The SMILES string of the molecule is C=CC(=O)Nc1nc(C)c(-c2ccnc(Nc3cccc(C)c3)c2)s1. The first kappa shape index (κ1) is 16.9. The van der Waals surface area contributed by atoms with E-state index in [4.69, 9.17) is 0 Å². The number of nitrogens with one attached hydrogen (secondary N) is 2. The van der Waals surface area contributed by atoms with Crippen LogP contribution in [-0.4, -0.2) is 15.9 Å². The van der Waals surface area contributed by atoms with Gasteiger partial charge in [0, 0.05) is 11.9 Å². The van der Waals surface area contributed by atoms with E-state index in [1.165, 1.54) is 23.0 Å². The van der Waals surface area contributed by atoms with Crippen LogP contribution in [0.3, 0.4) is 0 Å². The zero-order valence-corrected chi connectivity index (χ0v) is 14.9. The normalized spacial score (nSPS) is 10.3. The van der Waals surface area contributed by atoms with Crippen molar-refractivity contribution >= 4 is 33.9 Å². The fourth-order valence-corrected chi connectivity index (χ4v) is 3.35. The van der Waals surface area contributed by atoms with E-state index in [2.05, 4.69) is 46.2 Å². The number of thiazole rings is 1. The minimum absolute atomic E-state index is 0.267. The summed E-state index contributed by atoms with van der Waals surface area (Å²) in [4.78, 5) is 21.2. The Morgan fingerprint density at radius 3 is 2.84 bits per heavy atom. The smallest absolute Gasteiger partial charge is 0.249 e. The molecule has 0 saturated heterocycles. The highest BCUT2D eigenvalue weighted by molar-refractivity contribution is 7.19. The van der Waals surface area contributed by atoms with E-state index in [1.54, 1.807) is 6.20 Å². The number of hydrogen-bond donors (Lipinski definition) is 2. The van der Waals surface area contributed by atoms with E-state index in [9.17, 15) is 4.79 Å². The van der Waals surface area contributed by atoms with Gasteiger partial charge < -0.3 is 5.32 Å². The van der Waals surface area contributed by atoms with E-state index in [0.29, 0.717) is 5.13 Å². The fourth-order valence-electron chi connectivity index (χ4n) is 2.38. The molecular formula is C19H18N4OS. The maximum absolute atomic E-state index is 11.4. The number of carbonyl (C=O) groups is 1. The van der Waals surface area contributed by atoms with E-state index in [1.807, 2.05) is 31.2 Å². The van der Waals surface area contributed by atoms with Gasteiger partial charge in [-0.3, -0.25) is 10.1 Å². The molecule has 2 N–H and O–H groups in total. The summed E-state index contributed by atoms with van der Waals surface area (Å²) < 4.78 is 0. The zero-order valence-electron chi connectivity index (χ0n) is 14.0. The van der Waals surface area contributed by atoms with Crippen LogP contribution in [0.25, 0.3) is 10.4 Å².